The van der Waals surface area contributed by atoms with E-state index in [1.165, 1.54) is 24.7 Å². The number of alkyl halides is 4. The molecule has 1 fully saturated rings. The van der Waals surface area contributed by atoms with Crippen molar-refractivity contribution in [1.29, 1.82) is 0 Å². The van der Waals surface area contributed by atoms with Gasteiger partial charge in [-0.3, -0.25) is 0 Å². The Labute approximate surface area is 230 Å². The van der Waals surface area contributed by atoms with Crippen LogP contribution in [0.1, 0.15) is 22.3 Å². The number of fused-ring (bicyclic) bond motifs is 1. The average molecular weight is 611 g/mol. The summed E-state index contributed by atoms with van der Waals surface area (Å²) in [6.45, 7) is 1.14. The molecule has 1 saturated heterocycles. The van der Waals surface area contributed by atoms with Gasteiger partial charge in [0.25, 0.3) is 0 Å². The van der Waals surface area contributed by atoms with Crippen molar-refractivity contribution in [3.05, 3.63) is 53.7 Å². The van der Waals surface area contributed by atoms with Gasteiger partial charge in [0.05, 0.1) is 7.11 Å². The Morgan fingerprint density at radius 1 is 1.21 bits per heavy atom. The maximum absolute atomic E-state index is 14.7. The van der Waals surface area contributed by atoms with Crippen molar-refractivity contribution in [3.8, 4) is 17.6 Å². The molecule has 208 valence electrons. The number of nitrogens with zero attached hydrogens (tertiary/aromatic N) is 2. The number of aromatic nitrogens is 1. The number of anilines is 2. The number of nitrogens with one attached hydrogen (secondary N) is 2. The number of hydrogen-bond acceptors (Lipinski definition) is 6. The number of methoxy groups -OCH3 is 2. The quantitative estimate of drug-likeness (QED) is 0.185. The van der Waals surface area contributed by atoms with E-state index >= 15 is 0 Å². The molecule has 39 heavy (non-hydrogen) atoms. The predicted octanol–water partition coefficient (Wildman–Crippen LogP) is 3.50. The normalized spacial score (nSPS) is 17.8. The fourth-order valence-corrected chi connectivity index (χ4v) is 5.84. The van der Waals surface area contributed by atoms with Crippen LogP contribution in [-0.2, 0) is 4.74 Å². The molecule has 0 amide bonds. The van der Waals surface area contributed by atoms with Crippen molar-refractivity contribution in [2.45, 2.75) is 23.7 Å². The standard InChI is InChI=1S/C27H28F4N4O3Se/c1-34-13-10-20(19(28)16-34)33-21-7-5-12-35-23(21)14-17(25(35)39-27(29,30)31)6-4-11-32-22-9-8-18(26(36)38-3)15-24(22)37-2/h5,7-9,12,14-15,19-20,32-33H,10-11,13,16H2,1-3H3/t19-,20+/m0/s1. The summed E-state index contributed by atoms with van der Waals surface area (Å²) in [7, 11) is 4.59. The Morgan fingerprint density at radius 3 is 2.69 bits per heavy atom. The SMILES string of the molecule is COC(=O)c1ccc(NCC#Cc2cc3c(N[C@@H]4CCN(C)C[C@@H]4F)cccn3c2[Se]C(F)(F)F)c(OC)c1. The molecule has 1 aliphatic rings. The molecule has 0 unspecified atom stereocenters. The van der Waals surface area contributed by atoms with Crippen LogP contribution in [0.25, 0.3) is 5.52 Å². The first-order valence-electron chi connectivity index (χ1n) is 12.1. The number of halogens is 4. The topological polar surface area (TPSA) is 67.2 Å². The van der Waals surface area contributed by atoms with Crippen molar-refractivity contribution < 1.29 is 31.8 Å². The molecule has 3 aromatic rings. The van der Waals surface area contributed by atoms with Crippen LogP contribution in [0.3, 0.4) is 0 Å². The number of esters is 1. The van der Waals surface area contributed by atoms with E-state index in [0.29, 0.717) is 41.2 Å². The second kappa shape index (κ2) is 12.2. The Hall–Kier alpha value is -3.39. The van der Waals surface area contributed by atoms with Gasteiger partial charge in [-0.25, -0.2) is 0 Å². The molecular weight excluding hydrogens is 583 g/mol. The second-order valence-electron chi connectivity index (χ2n) is 8.97. The minimum atomic E-state index is -4.38. The number of likely N-dealkylation sites (tertiary alicyclic amines) is 1. The fourth-order valence-electron chi connectivity index (χ4n) is 4.38. The second-order valence-corrected chi connectivity index (χ2v) is 11.2. The Kier molecular flexibility index (Phi) is 8.95. The molecule has 0 spiro atoms. The molecule has 0 saturated carbocycles. The zero-order chi connectivity index (χ0) is 28.2. The minimum absolute atomic E-state index is 0.0707. The number of carbonyl (C=O) groups excluding carboxylic acids is 1. The van der Waals surface area contributed by atoms with Gasteiger partial charge in [0, 0.05) is 0 Å². The molecule has 0 aliphatic carbocycles. The van der Waals surface area contributed by atoms with Crippen molar-refractivity contribution >= 4 is 42.4 Å². The average Bonchev–Trinajstić information content (AvgIpc) is 3.24. The van der Waals surface area contributed by atoms with Crippen LogP contribution in [-0.4, -0.2) is 88.4 Å². The van der Waals surface area contributed by atoms with Gasteiger partial charge in [0.2, 0.25) is 0 Å². The summed E-state index contributed by atoms with van der Waals surface area (Å²) >= 11 is -1.85. The number of ether oxygens (including phenoxy) is 2. The predicted molar refractivity (Wildman–Crippen MR) is 143 cm³/mol. The first-order chi connectivity index (χ1) is 18.6. The van der Waals surface area contributed by atoms with Crippen molar-refractivity contribution in [2.75, 3.05) is 51.5 Å². The Balaban J connectivity index is 1.59. The number of carbonyl (C=O) groups is 1. The van der Waals surface area contributed by atoms with Gasteiger partial charge in [0.1, 0.15) is 0 Å². The zero-order valence-corrected chi connectivity index (χ0v) is 23.3. The molecule has 7 nitrogen and oxygen atoms in total. The first kappa shape index (κ1) is 28.6. The molecule has 1 aliphatic heterocycles. The van der Waals surface area contributed by atoms with Gasteiger partial charge in [0.15, 0.2) is 0 Å². The molecule has 4 rings (SSSR count). The molecule has 1 aromatic carbocycles. The number of benzene rings is 1. The van der Waals surface area contributed by atoms with E-state index < -0.39 is 38.2 Å². The number of pyridine rings is 1. The van der Waals surface area contributed by atoms with Crippen LogP contribution in [0.4, 0.5) is 28.9 Å². The van der Waals surface area contributed by atoms with Gasteiger partial charge in [-0.15, -0.1) is 0 Å². The Bertz CT molecular complexity index is 1400. The van der Waals surface area contributed by atoms with E-state index in [4.69, 9.17) is 9.47 Å². The molecule has 3 heterocycles. The van der Waals surface area contributed by atoms with E-state index in [2.05, 4.69) is 22.5 Å². The number of piperidine rings is 1. The van der Waals surface area contributed by atoms with Gasteiger partial charge < -0.3 is 0 Å². The van der Waals surface area contributed by atoms with Gasteiger partial charge in [-0.05, 0) is 0 Å². The van der Waals surface area contributed by atoms with Crippen LogP contribution in [0, 0.1) is 11.8 Å². The van der Waals surface area contributed by atoms with E-state index in [1.807, 2.05) is 11.9 Å². The number of hydrogen-bond donors (Lipinski definition) is 2. The van der Waals surface area contributed by atoms with Crippen LogP contribution in [0.15, 0.2) is 42.6 Å². The Morgan fingerprint density at radius 2 is 2.00 bits per heavy atom. The summed E-state index contributed by atoms with van der Waals surface area (Å²) in [6.07, 6.45) is 1.06. The van der Waals surface area contributed by atoms with Gasteiger partial charge in [-0.2, -0.15) is 0 Å². The summed E-state index contributed by atoms with van der Waals surface area (Å²) in [5, 5.41) is 1.89. The van der Waals surface area contributed by atoms with Crippen LogP contribution in [0.5, 0.6) is 5.75 Å². The fraction of sp³-hybridized carbons (Fsp3) is 0.370. The van der Waals surface area contributed by atoms with Crippen molar-refractivity contribution in [1.82, 2.24) is 9.30 Å². The molecular formula is C27H28F4N4O3Se. The van der Waals surface area contributed by atoms with Gasteiger partial charge in [-0.1, -0.05) is 0 Å². The summed E-state index contributed by atoms with van der Waals surface area (Å²) in [5.41, 5.74) is 2.22. The molecule has 2 aromatic heterocycles. The van der Waals surface area contributed by atoms with Crippen molar-refractivity contribution in [2.24, 2.45) is 0 Å². The summed E-state index contributed by atoms with van der Waals surface area (Å²) in [5.74, 6) is 5.65. The van der Waals surface area contributed by atoms with Crippen LogP contribution >= 0.6 is 0 Å². The number of rotatable bonds is 7. The van der Waals surface area contributed by atoms with Gasteiger partial charge >= 0.3 is 223 Å². The van der Waals surface area contributed by atoms with E-state index in [9.17, 15) is 22.4 Å². The third-order valence-corrected chi connectivity index (χ3v) is 8.04. The van der Waals surface area contributed by atoms with E-state index in [-0.39, 0.29) is 16.7 Å². The van der Waals surface area contributed by atoms with Crippen LogP contribution in [0.2, 0.25) is 0 Å². The molecule has 0 bridgehead atoms. The van der Waals surface area contributed by atoms with E-state index in [0.717, 1.165) is 6.54 Å². The molecule has 2 N–H and O–H groups in total. The molecule has 12 heteroatoms. The first-order valence-corrected chi connectivity index (χ1v) is 13.8. The molecule has 0 radical (unpaired) electrons. The maximum atomic E-state index is 14.7. The molecule has 2 atom stereocenters. The third-order valence-electron chi connectivity index (χ3n) is 6.27. The van der Waals surface area contributed by atoms with Crippen molar-refractivity contribution in [3.63, 3.8) is 0 Å². The monoisotopic (exact) mass is 612 g/mol. The third kappa shape index (κ3) is 6.98. The van der Waals surface area contributed by atoms with E-state index in [1.54, 1.807) is 36.5 Å². The van der Waals surface area contributed by atoms with Crippen LogP contribution < -0.4 is 20.0 Å². The zero-order valence-electron chi connectivity index (χ0n) is 21.6. The summed E-state index contributed by atoms with van der Waals surface area (Å²) in [6, 6.07) is 9.30. The summed E-state index contributed by atoms with van der Waals surface area (Å²) in [4.78, 5) is 13.7. The summed E-state index contributed by atoms with van der Waals surface area (Å²) < 4.78 is 66.8.